The Morgan fingerprint density at radius 3 is 2.69 bits per heavy atom. The standard InChI is InChI=1S/C8H12N2O2S/c1-10-13(11)6-3-4-8(12-2)7(9)5-6/h3-5,10H,9H2,1-2H3. The minimum absolute atomic E-state index is 0.489. The lowest BCUT2D eigenvalue weighted by Gasteiger charge is -2.05. The topological polar surface area (TPSA) is 64.3 Å². The monoisotopic (exact) mass is 200 g/mol. The van der Waals surface area contributed by atoms with E-state index in [0.29, 0.717) is 16.3 Å². The Hall–Kier alpha value is -1.07. The maximum Gasteiger partial charge on any atom is 0.141 e. The summed E-state index contributed by atoms with van der Waals surface area (Å²) < 4.78 is 18.9. The average molecular weight is 200 g/mol. The van der Waals surface area contributed by atoms with Crippen LogP contribution in [0.4, 0.5) is 5.69 Å². The van der Waals surface area contributed by atoms with E-state index in [9.17, 15) is 4.21 Å². The number of methoxy groups -OCH3 is 1. The third-order valence-corrected chi connectivity index (χ3v) is 2.65. The van der Waals surface area contributed by atoms with E-state index >= 15 is 0 Å². The summed E-state index contributed by atoms with van der Waals surface area (Å²) >= 11 is 0. The Labute approximate surface area is 79.7 Å². The van der Waals surface area contributed by atoms with Gasteiger partial charge in [-0.3, -0.25) is 0 Å². The van der Waals surface area contributed by atoms with Gasteiger partial charge in [-0.2, -0.15) is 0 Å². The van der Waals surface area contributed by atoms with Gasteiger partial charge in [0, 0.05) is 0 Å². The summed E-state index contributed by atoms with van der Waals surface area (Å²) in [5, 5.41) is 0. The van der Waals surface area contributed by atoms with Crippen LogP contribution < -0.4 is 15.2 Å². The maximum atomic E-state index is 11.3. The molecule has 0 heterocycles. The van der Waals surface area contributed by atoms with Crippen molar-refractivity contribution in [2.75, 3.05) is 19.9 Å². The second-order valence-corrected chi connectivity index (χ2v) is 3.79. The van der Waals surface area contributed by atoms with Crippen LogP contribution in [0.5, 0.6) is 5.75 Å². The minimum atomic E-state index is -1.20. The molecule has 1 atom stereocenters. The first-order chi connectivity index (χ1) is 6.19. The molecule has 1 aromatic rings. The highest BCUT2D eigenvalue weighted by Gasteiger charge is 2.04. The Morgan fingerprint density at radius 2 is 2.23 bits per heavy atom. The molecule has 0 aliphatic carbocycles. The van der Waals surface area contributed by atoms with Crippen molar-refractivity contribution in [3.05, 3.63) is 18.2 Å². The van der Waals surface area contributed by atoms with Gasteiger partial charge in [-0.15, -0.1) is 0 Å². The SMILES string of the molecule is CNS(=O)c1ccc(OC)c(N)c1. The highest BCUT2D eigenvalue weighted by molar-refractivity contribution is 7.83. The van der Waals surface area contributed by atoms with Gasteiger partial charge in [0.25, 0.3) is 0 Å². The van der Waals surface area contributed by atoms with Crippen LogP contribution in [-0.2, 0) is 11.0 Å². The summed E-state index contributed by atoms with van der Waals surface area (Å²) in [7, 11) is 1.97. The number of rotatable bonds is 3. The molecule has 1 unspecified atom stereocenters. The van der Waals surface area contributed by atoms with Crippen molar-refractivity contribution in [2.24, 2.45) is 0 Å². The van der Waals surface area contributed by atoms with Crippen molar-refractivity contribution in [3.8, 4) is 5.75 Å². The molecule has 0 radical (unpaired) electrons. The molecule has 0 saturated carbocycles. The van der Waals surface area contributed by atoms with Crippen molar-refractivity contribution < 1.29 is 8.95 Å². The van der Waals surface area contributed by atoms with Crippen LogP contribution in [0.25, 0.3) is 0 Å². The predicted octanol–water partition coefficient (Wildman–Crippen LogP) is 0.519. The lowest BCUT2D eigenvalue weighted by atomic mass is 10.3. The molecule has 0 amide bonds. The molecule has 0 bridgehead atoms. The second-order valence-electron chi connectivity index (χ2n) is 2.38. The lowest BCUT2D eigenvalue weighted by Crippen LogP contribution is -2.10. The van der Waals surface area contributed by atoms with Gasteiger partial charge in [0.1, 0.15) is 16.7 Å². The molecular weight excluding hydrogens is 188 g/mol. The molecule has 0 fully saturated rings. The molecular formula is C8H12N2O2S. The quantitative estimate of drug-likeness (QED) is 0.699. The average Bonchev–Trinajstić information content (AvgIpc) is 2.16. The van der Waals surface area contributed by atoms with Gasteiger partial charge in [0.15, 0.2) is 0 Å². The predicted molar refractivity (Wildman–Crippen MR) is 52.9 cm³/mol. The number of nitrogens with one attached hydrogen (secondary N) is 1. The molecule has 1 rings (SSSR count). The molecule has 0 saturated heterocycles. The second kappa shape index (κ2) is 4.25. The fourth-order valence-electron chi connectivity index (χ4n) is 0.946. The normalized spacial score (nSPS) is 12.5. The molecule has 0 aromatic heterocycles. The van der Waals surface area contributed by atoms with E-state index in [0.717, 1.165) is 0 Å². The number of nitrogen functional groups attached to an aromatic ring is 1. The van der Waals surface area contributed by atoms with Gasteiger partial charge >= 0.3 is 0 Å². The van der Waals surface area contributed by atoms with Crippen LogP contribution in [-0.4, -0.2) is 18.4 Å². The van der Waals surface area contributed by atoms with Gasteiger partial charge in [-0.25, -0.2) is 8.93 Å². The van der Waals surface area contributed by atoms with Crippen LogP contribution >= 0.6 is 0 Å². The van der Waals surface area contributed by atoms with E-state index in [-0.39, 0.29) is 0 Å². The van der Waals surface area contributed by atoms with Crippen molar-refractivity contribution in [2.45, 2.75) is 4.90 Å². The molecule has 0 aliphatic rings. The van der Waals surface area contributed by atoms with Crippen LogP contribution in [0, 0.1) is 0 Å². The molecule has 1 aromatic carbocycles. The molecule has 4 nitrogen and oxygen atoms in total. The van der Waals surface area contributed by atoms with Crippen molar-refractivity contribution in [1.82, 2.24) is 4.72 Å². The molecule has 72 valence electrons. The Kier molecular flexibility index (Phi) is 3.27. The number of ether oxygens (including phenoxy) is 1. The highest BCUT2D eigenvalue weighted by atomic mass is 32.2. The van der Waals surface area contributed by atoms with Crippen LogP contribution in [0.15, 0.2) is 23.1 Å². The van der Waals surface area contributed by atoms with E-state index in [1.165, 1.54) is 0 Å². The lowest BCUT2D eigenvalue weighted by molar-refractivity contribution is 0.416. The number of anilines is 1. The first-order valence-corrected chi connectivity index (χ1v) is 4.86. The summed E-state index contributed by atoms with van der Waals surface area (Å²) in [5.74, 6) is 0.594. The third-order valence-electron chi connectivity index (χ3n) is 1.60. The van der Waals surface area contributed by atoms with Crippen LogP contribution in [0.3, 0.4) is 0 Å². The van der Waals surface area contributed by atoms with Gasteiger partial charge in [-0.05, 0) is 25.2 Å². The minimum Gasteiger partial charge on any atom is -0.495 e. The Bertz CT molecular complexity index is 328. The number of hydrogen-bond acceptors (Lipinski definition) is 3. The molecule has 0 aliphatic heterocycles. The summed E-state index contributed by atoms with van der Waals surface area (Å²) in [5.41, 5.74) is 6.13. The van der Waals surface area contributed by atoms with Crippen molar-refractivity contribution >= 4 is 16.7 Å². The van der Waals surface area contributed by atoms with Crippen molar-refractivity contribution in [3.63, 3.8) is 0 Å². The number of benzene rings is 1. The molecule has 3 N–H and O–H groups in total. The number of hydrogen-bond donors (Lipinski definition) is 2. The third kappa shape index (κ3) is 2.19. The van der Waals surface area contributed by atoms with Gasteiger partial charge < -0.3 is 10.5 Å². The summed E-state index contributed by atoms with van der Waals surface area (Å²) in [4.78, 5) is 0.640. The highest BCUT2D eigenvalue weighted by Crippen LogP contribution is 2.22. The van der Waals surface area contributed by atoms with E-state index < -0.39 is 11.0 Å². The van der Waals surface area contributed by atoms with Crippen molar-refractivity contribution in [1.29, 1.82) is 0 Å². The summed E-state index contributed by atoms with van der Waals surface area (Å²) in [6.07, 6.45) is 0. The largest absolute Gasteiger partial charge is 0.495 e. The summed E-state index contributed by atoms with van der Waals surface area (Å²) in [6.45, 7) is 0. The summed E-state index contributed by atoms with van der Waals surface area (Å²) in [6, 6.07) is 5.03. The van der Waals surface area contributed by atoms with E-state index in [1.54, 1.807) is 32.4 Å². The van der Waals surface area contributed by atoms with E-state index in [4.69, 9.17) is 10.5 Å². The first-order valence-electron chi connectivity index (χ1n) is 3.71. The smallest absolute Gasteiger partial charge is 0.141 e. The zero-order valence-electron chi connectivity index (χ0n) is 7.53. The fourth-order valence-corrected chi connectivity index (χ4v) is 1.61. The number of nitrogens with two attached hydrogens (primary N) is 1. The molecule has 5 heteroatoms. The Morgan fingerprint density at radius 1 is 1.54 bits per heavy atom. The van der Waals surface area contributed by atoms with E-state index in [2.05, 4.69) is 4.72 Å². The molecule has 0 spiro atoms. The first kappa shape index (κ1) is 10.0. The van der Waals surface area contributed by atoms with Gasteiger partial charge in [0.05, 0.1) is 17.7 Å². The van der Waals surface area contributed by atoms with Crippen LogP contribution in [0.1, 0.15) is 0 Å². The van der Waals surface area contributed by atoms with Gasteiger partial charge in [0.2, 0.25) is 0 Å². The van der Waals surface area contributed by atoms with Crippen LogP contribution in [0.2, 0.25) is 0 Å². The van der Waals surface area contributed by atoms with Gasteiger partial charge in [-0.1, -0.05) is 0 Å². The Balaban J connectivity index is 3.02. The zero-order chi connectivity index (χ0) is 9.84. The van der Waals surface area contributed by atoms with E-state index in [1.807, 2.05) is 0 Å². The molecule has 13 heavy (non-hydrogen) atoms. The zero-order valence-corrected chi connectivity index (χ0v) is 8.35. The maximum absolute atomic E-state index is 11.3. The fraction of sp³-hybridized carbons (Fsp3) is 0.250.